The Kier molecular flexibility index (Phi) is 2.86. The molecule has 0 saturated carbocycles. The Labute approximate surface area is 102 Å². The zero-order valence-electron chi connectivity index (χ0n) is 8.41. The first kappa shape index (κ1) is 11.4. The van der Waals surface area contributed by atoms with Gasteiger partial charge in [0.1, 0.15) is 5.56 Å². The second kappa shape index (κ2) is 4.03. The van der Waals surface area contributed by atoms with Crippen molar-refractivity contribution in [1.82, 2.24) is 0 Å². The molecule has 86 valence electrons. The average Bonchev–Trinajstić information content (AvgIpc) is 2.18. The summed E-state index contributed by atoms with van der Waals surface area (Å²) >= 11 is 11.7. The molecule has 1 unspecified atom stereocenters. The van der Waals surface area contributed by atoms with E-state index >= 15 is 0 Å². The van der Waals surface area contributed by atoms with E-state index in [-0.39, 0.29) is 11.3 Å². The highest BCUT2D eigenvalue weighted by Crippen LogP contribution is 2.39. The number of halogens is 2. The summed E-state index contributed by atoms with van der Waals surface area (Å²) in [5.41, 5.74) is 0.110. The number of benzene rings is 1. The first-order valence-electron chi connectivity index (χ1n) is 4.57. The number of rotatable bonds is 1. The first-order chi connectivity index (χ1) is 7.49. The van der Waals surface area contributed by atoms with Crippen LogP contribution in [0, 0.1) is 0 Å². The van der Waals surface area contributed by atoms with Crippen molar-refractivity contribution in [2.24, 2.45) is 0 Å². The number of likely N-dealkylation sites (N-methyl/N-ethyl adjacent to an activating group) is 1. The van der Waals surface area contributed by atoms with Crippen LogP contribution in [0.1, 0.15) is 10.4 Å². The Hall–Kier alpha value is -1.13. The van der Waals surface area contributed by atoms with Gasteiger partial charge in [0.05, 0.1) is 12.2 Å². The summed E-state index contributed by atoms with van der Waals surface area (Å²) in [4.78, 5) is 12.9. The van der Waals surface area contributed by atoms with E-state index < -0.39 is 11.5 Å². The second-order valence-corrected chi connectivity index (χ2v) is 4.44. The summed E-state index contributed by atoms with van der Waals surface area (Å²) in [6.45, 7) is 0.480. The summed E-state index contributed by atoms with van der Waals surface area (Å²) in [6.07, 6.45) is 0. The Balaban J connectivity index is 2.61. The summed E-state index contributed by atoms with van der Waals surface area (Å²) < 4.78 is 5.33. The van der Waals surface area contributed by atoms with Crippen LogP contribution in [0.15, 0.2) is 12.1 Å². The van der Waals surface area contributed by atoms with Gasteiger partial charge < -0.3 is 14.7 Å². The molecule has 0 spiro atoms. The Bertz CT molecular complexity index is 450. The number of carboxylic acids is 1. The number of hydrogen-bond donors (Lipinski definition) is 1. The lowest BCUT2D eigenvalue weighted by atomic mass is 10.1. The molecule has 0 radical (unpaired) electrons. The Morgan fingerprint density at radius 2 is 2.31 bits per heavy atom. The highest BCUT2D eigenvalue weighted by molar-refractivity contribution is 6.31. The molecule has 2 rings (SSSR count). The van der Waals surface area contributed by atoms with E-state index in [1.165, 1.54) is 6.07 Å². The summed E-state index contributed by atoms with van der Waals surface area (Å²) in [5.74, 6) is -0.816. The van der Waals surface area contributed by atoms with Gasteiger partial charge in [-0.2, -0.15) is 0 Å². The fourth-order valence-corrected chi connectivity index (χ4v) is 2.13. The molecule has 1 atom stereocenters. The highest BCUT2D eigenvalue weighted by atomic mass is 35.5. The van der Waals surface area contributed by atoms with Gasteiger partial charge >= 0.3 is 5.97 Å². The third-order valence-corrected chi connectivity index (χ3v) is 2.78. The highest BCUT2D eigenvalue weighted by Gasteiger charge is 2.27. The molecule has 1 aromatic carbocycles. The topological polar surface area (TPSA) is 49.8 Å². The largest absolute Gasteiger partial charge is 0.478 e. The van der Waals surface area contributed by atoms with Gasteiger partial charge in [0, 0.05) is 12.1 Å². The minimum absolute atomic E-state index is 0.0275. The number of carboxylic acid groups (broad SMARTS) is 1. The third kappa shape index (κ3) is 1.90. The van der Waals surface area contributed by atoms with E-state index in [1.54, 1.807) is 13.1 Å². The minimum atomic E-state index is -1.09. The molecule has 1 N–H and O–H groups in total. The molecule has 1 aliphatic rings. The number of hydrogen-bond acceptors (Lipinski definition) is 3. The van der Waals surface area contributed by atoms with E-state index in [9.17, 15) is 4.79 Å². The maximum Gasteiger partial charge on any atom is 0.339 e. The molecule has 0 amide bonds. The van der Waals surface area contributed by atoms with Crippen LogP contribution in [-0.4, -0.2) is 30.2 Å². The lowest BCUT2D eigenvalue weighted by Gasteiger charge is -2.31. The summed E-state index contributed by atoms with van der Waals surface area (Å²) in [7, 11) is 1.80. The molecule has 0 saturated heterocycles. The van der Waals surface area contributed by atoms with Crippen LogP contribution < -0.4 is 9.64 Å². The van der Waals surface area contributed by atoms with Crippen LogP contribution in [0.2, 0.25) is 5.02 Å². The third-order valence-electron chi connectivity index (χ3n) is 2.34. The van der Waals surface area contributed by atoms with Crippen LogP contribution in [0.5, 0.6) is 5.75 Å². The summed E-state index contributed by atoms with van der Waals surface area (Å²) in [5, 5.41) is 9.40. The predicted molar refractivity (Wildman–Crippen MR) is 62.0 cm³/mol. The van der Waals surface area contributed by atoms with Crippen molar-refractivity contribution < 1.29 is 14.6 Å². The standard InChI is InChI=1S/C10H9Cl2NO3/c1-13-4-8(12)16-9-6(10(14)15)2-5(11)3-7(9)13/h2-3,8H,4H2,1H3,(H,14,15). The van der Waals surface area contributed by atoms with Crippen LogP contribution in [0.25, 0.3) is 0 Å². The maximum atomic E-state index is 11.0. The minimum Gasteiger partial charge on any atom is -0.478 e. The van der Waals surface area contributed by atoms with Gasteiger partial charge in [-0.25, -0.2) is 4.79 Å². The molecule has 4 nitrogen and oxygen atoms in total. The van der Waals surface area contributed by atoms with E-state index in [0.29, 0.717) is 17.3 Å². The maximum absolute atomic E-state index is 11.0. The monoisotopic (exact) mass is 261 g/mol. The number of fused-ring (bicyclic) bond motifs is 1. The van der Waals surface area contributed by atoms with Gasteiger partial charge in [-0.05, 0) is 12.1 Å². The van der Waals surface area contributed by atoms with Crippen molar-refractivity contribution in [3.05, 3.63) is 22.7 Å². The normalized spacial score (nSPS) is 18.9. The first-order valence-corrected chi connectivity index (χ1v) is 5.39. The predicted octanol–water partition coefficient (Wildman–Crippen LogP) is 2.43. The van der Waals surface area contributed by atoms with Crippen molar-refractivity contribution in [2.45, 2.75) is 5.56 Å². The van der Waals surface area contributed by atoms with Crippen LogP contribution >= 0.6 is 23.2 Å². The number of anilines is 1. The quantitative estimate of drug-likeness (QED) is 0.789. The zero-order valence-corrected chi connectivity index (χ0v) is 9.92. The molecule has 1 aromatic rings. The van der Waals surface area contributed by atoms with Crippen LogP contribution in [0.4, 0.5) is 5.69 Å². The van der Waals surface area contributed by atoms with E-state index in [2.05, 4.69) is 0 Å². The van der Waals surface area contributed by atoms with Gasteiger partial charge in [-0.3, -0.25) is 0 Å². The molecule has 1 heterocycles. The van der Waals surface area contributed by atoms with Gasteiger partial charge in [-0.15, -0.1) is 0 Å². The number of alkyl halides is 1. The second-order valence-electron chi connectivity index (χ2n) is 3.52. The number of carbonyl (C=O) groups is 1. The number of aromatic carboxylic acids is 1. The Morgan fingerprint density at radius 1 is 1.62 bits per heavy atom. The molecular weight excluding hydrogens is 253 g/mol. The molecule has 0 bridgehead atoms. The number of nitrogens with zero attached hydrogens (tertiary/aromatic N) is 1. The van der Waals surface area contributed by atoms with Crippen molar-refractivity contribution in [3.8, 4) is 5.75 Å². The fourth-order valence-electron chi connectivity index (χ4n) is 1.62. The average molecular weight is 262 g/mol. The van der Waals surface area contributed by atoms with Gasteiger partial charge in [0.15, 0.2) is 11.3 Å². The zero-order chi connectivity index (χ0) is 11.9. The molecule has 16 heavy (non-hydrogen) atoms. The molecule has 0 aromatic heterocycles. The smallest absolute Gasteiger partial charge is 0.339 e. The fraction of sp³-hybridized carbons (Fsp3) is 0.300. The van der Waals surface area contributed by atoms with E-state index in [4.69, 9.17) is 33.0 Å². The SMILES string of the molecule is CN1CC(Cl)Oc2c(C(=O)O)cc(Cl)cc21. The molecule has 1 aliphatic heterocycles. The van der Waals surface area contributed by atoms with Crippen molar-refractivity contribution in [1.29, 1.82) is 0 Å². The molecule has 0 fully saturated rings. The Morgan fingerprint density at radius 3 is 2.94 bits per heavy atom. The molecule has 0 aliphatic carbocycles. The lowest BCUT2D eigenvalue weighted by Crippen LogP contribution is -2.35. The number of ether oxygens (including phenoxy) is 1. The molecular formula is C10H9Cl2NO3. The van der Waals surface area contributed by atoms with E-state index in [1.807, 2.05) is 4.90 Å². The molecule has 6 heteroatoms. The van der Waals surface area contributed by atoms with E-state index in [0.717, 1.165) is 0 Å². The van der Waals surface area contributed by atoms with Gasteiger partial charge in [-0.1, -0.05) is 23.2 Å². The lowest BCUT2D eigenvalue weighted by molar-refractivity contribution is 0.0691. The van der Waals surface area contributed by atoms with Crippen molar-refractivity contribution >= 4 is 34.9 Å². The van der Waals surface area contributed by atoms with Gasteiger partial charge in [0.25, 0.3) is 0 Å². The summed E-state index contributed by atoms with van der Waals surface area (Å²) in [6, 6.07) is 3.01. The van der Waals surface area contributed by atoms with Crippen LogP contribution in [0.3, 0.4) is 0 Å². The van der Waals surface area contributed by atoms with Gasteiger partial charge in [0.2, 0.25) is 0 Å². The van der Waals surface area contributed by atoms with Crippen LogP contribution in [-0.2, 0) is 0 Å². The van der Waals surface area contributed by atoms with Crippen molar-refractivity contribution in [2.75, 3.05) is 18.5 Å². The van der Waals surface area contributed by atoms with Crippen molar-refractivity contribution in [3.63, 3.8) is 0 Å².